The second-order valence-corrected chi connectivity index (χ2v) is 4.55. The maximum atomic E-state index is 5.24. The molecule has 3 heteroatoms. The Morgan fingerprint density at radius 3 is 2.07 bits per heavy atom. The molecule has 0 aliphatic carbocycles. The maximum absolute atomic E-state index is 5.24. The number of ether oxygens (including phenoxy) is 2. The highest BCUT2D eigenvalue weighted by atomic mass is 79.9. The fourth-order valence-corrected chi connectivity index (χ4v) is 1.92. The molecule has 0 aliphatic heterocycles. The molecule has 0 radical (unpaired) electrons. The molecule has 1 atom stereocenters. The second-order valence-electron chi connectivity index (χ2n) is 3.18. The first-order chi connectivity index (χ1) is 6.60. The van der Waals surface area contributed by atoms with Crippen molar-refractivity contribution in [3.8, 4) is 11.5 Å². The molecule has 78 valence electrons. The third-order valence-corrected chi connectivity index (χ3v) is 2.69. The van der Waals surface area contributed by atoms with Gasteiger partial charge in [0.25, 0.3) is 0 Å². The largest absolute Gasteiger partial charge is 0.493 e. The topological polar surface area (TPSA) is 18.5 Å². The zero-order valence-corrected chi connectivity index (χ0v) is 10.5. The lowest BCUT2D eigenvalue weighted by Crippen LogP contribution is -1.95. The molecule has 0 saturated carbocycles. The Balaban J connectivity index is 3.23. The molecule has 1 aromatic carbocycles. The number of rotatable bonds is 3. The Labute approximate surface area is 93.4 Å². The minimum atomic E-state index is 0.322. The van der Waals surface area contributed by atoms with Crippen LogP contribution in [0.3, 0.4) is 0 Å². The molecule has 0 bridgehead atoms. The molecule has 2 nitrogen and oxygen atoms in total. The van der Waals surface area contributed by atoms with Gasteiger partial charge in [-0.05, 0) is 37.1 Å². The van der Waals surface area contributed by atoms with Gasteiger partial charge in [0.15, 0.2) is 11.5 Å². The van der Waals surface area contributed by atoms with Gasteiger partial charge in [-0.2, -0.15) is 0 Å². The predicted octanol–water partition coefficient (Wildman–Crippen LogP) is 3.47. The molecule has 0 heterocycles. The van der Waals surface area contributed by atoms with E-state index in [2.05, 4.69) is 29.8 Å². The lowest BCUT2D eigenvalue weighted by atomic mass is 10.1. The van der Waals surface area contributed by atoms with E-state index in [-0.39, 0.29) is 0 Å². The third kappa shape index (κ3) is 2.21. The van der Waals surface area contributed by atoms with Crippen molar-refractivity contribution in [3.05, 3.63) is 23.3 Å². The standard InChI is InChI=1S/C11H15BrO2/c1-7-5-10(13-3)11(14-4)6-9(7)8(2)12/h5-6,8H,1-4H3. The van der Waals surface area contributed by atoms with Gasteiger partial charge in [-0.1, -0.05) is 15.9 Å². The Kier molecular flexibility index (Phi) is 3.81. The van der Waals surface area contributed by atoms with Crippen LogP contribution in [0.25, 0.3) is 0 Å². The van der Waals surface area contributed by atoms with Gasteiger partial charge >= 0.3 is 0 Å². The molecule has 0 aromatic heterocycles. The number of aryl methyl sites for hydroxylation is 1. The zero-order valence-electron chi connectivity index (χ0n) is 8.93. The van der Waals surface area contributed by atoms with Crippen LogP contribution in [-0.4, -0.2) is 14.2 Å². The van der Waals surface area contributed by atoms with Gasteiger partial charge in [-0.15, -0.1) is 0 Å². The quantitative estimate of drug-likeness (QED) is 0.774. The monoisotopic (exact) mass is 258 g/mol. The Morgan fingerprint density at radius 2 is 1.64 bits per heavy atom. The molecule has 0 spiro atoms. The van der Waals surface area contributed by atoms with E-state index in [1.165, 1.54) is 11.1 Å². The molecule has 0 saturated heterocycles. The highest BCUT2D eigenvalue weighted by molar-refractivity contribution is 9.09. The Morgan fingerprint density at radius 1 is 1.14 bits per heavy atom. The van der Waals surface area contributed by atoms with Crippen molar-refractivity contribution >= 4 is 15.9 Å². The highest BCUT2D eigenvalue weighted by Gasteiger charge is 2.11. The summed E-state index contributed by atoms with van der Waals surface area (Å²) in [4.78, 5) is 0.322. The average molecular weight is 259 g/mol. The van der Waals surface area contributed by atoms with Crippen LogP contribution in [0.1, 0.15) is 22.9 Å². The van der Waals surface area contributed by atoms with Crippen LogP contribution in [0.4, 0.5) is 0 Å². The first-order valence-electron chi connectivity index (χ1n) is 4.46. The van der Waals surface area contributed by atoms with Crippen molar-refractivity contribution < 1.29 is 9.47 Å². The maximum Gasteiger partial charge on any atom is 0.161 e. The van der Waals surface area contributed by atoms with Gasteiger partial charge < -0.3 is 9.47 Å². The summed E-state index contributed by atoms with van der Waals surface area (Å²) in [6.07, 6.45) is 0. The van der Waals surface area contributed by atoms with Gasteiger partial charge in [-0.25, -0.2) is 0 Å². The summed E-state index contributed by atoms with van der Waals surface area (Å²) in [5.41, 5.74) is 2.43. The van der Waals surface area contributed by atoms with E-state index in [9.17, 15) is 0 Å². The van der Waals surface area contributed by atoms with E-state index < -0.39 is 0 Å². The van der Waals surface area contributed by atoms with E-state index in [1.54, 1.807) is 14.2 Å². The van der Waals surface area contributed by atoms with Gasteiger partial charge in [-0.3, -0.25) is 0 Å². The van der Waals surface area contributed by atoms with Crippen molar-refractivity contribution in [3.63, 3.8) is 0 Å². The van der Waals surface area contributed by atoms with Crippen LogP contribution in [0.5, 0.6) is 11.5 Å². The van der Waals surface area contributed by atoms with Crippen molar-refractivity contribution in [1.29, 1.82) is 0 Å². The summed E-state index contributed by atoms with van der Waals surface area (Å²) >= 11 is 3.55. The van der Waals surface area contributed by atoms with E-state index >= 15 is 0 Å². The number of hydrogen-bond acceptors (Lipinski definition) is 2. The Hall–Kier alpha value is -0.700. The first kappa shape index (κ1) is 11.4. The fraction of sp³-hybridized carbons (Fsp3) is 0.455. The summed E-state index contributed by atoms with van der Waals surface area (Å²) in [5.74, 6) is 1.56. The smallest absolute Gasteiger partial charge is 0.161 e. The van der Waals surface area contributed by atoms with Crippen molar-refractivity contribution in [1.82, 2.24) is 0 Å². The van der Waals surface area contributed by atoms with Gasteiger partial charge in [0.1, 0.15) is 0 Å². The zero-order chi connectivity index (χ0) is 10.7. The molecule has 1 unspecified atom stereocenters. The van der Waals surface area contributed by atoms with Crippen LogP contribution >= 0.6 is 15.9 Å². The summed E-state index contributed by atoms with van der Waals surface area (Å²) < 4.78 is 10.4. The molecule has 0 amide bonds. The normalized spacial score (nSPS) is 12.4. The third-order valence-electron chi connectivity index (χ3n) is 2.20. The van der Waals surface area contributed by atoms with Crippen molar-refractivity contribution in [2.45, 2.75) is 18.7 Å². The minimum absolute atomic E-state index is 0.322. The van der Waals surface area contributed by atoms with E-state index in [0.717, 1.165) is 11.5 Å². The molecular weight excluding hydrogens is 244 g/mol. The highest BCUT2D eigenvalue weighted by Crippen LogP contribution is 2.35. The van der Waals surface area contributed by atoms with E-state index in [0.29, 0.717) is 4.83 Å². The molecule has 0 fully saturated rings. The number of halogens is 1. The summed E-state index contributed by atoms with van der Waals surface area (Å²) in [6, 6.07) is 4.00. The number of methoxy groups -OCH3 is 2. The molecule has 0 aliphatic rings. The number of alkyl halides is 1. The summed E-state index contributed by atoms with van der Waals surface area (Å²) in [7, 11) is 3.30. The Bertz CT molecular complexity index is 321. The molecule has 1 rings (SSSR count). The van der Waals surface area contributed by atoms with E-state index in [1.807, 2.05) is 12.1 Å². The van der Waals surface area contributed by atoms with Crippen LogP contribution in [-0.2, 0) is 0 Å². The van der Waals surface area contributed by atoms with Crippen molar-refractivity contribution in [2.75, 3.05) is 14.2 Å². The van der Waals surface area contributed by atoms with Gasteiger partial charge in [0.2, 0.25) is 0 Å². The SMILES string of the molecule is COc1cc(C)c(C(C)Br)cc1OC. The fourth-order valence-electron chi connectivity index (χ4n) is 1.42. The first-order valence-corrected chi connectivity index (χ1v) is 5.38. The number of hydrogen-bond donors (Lipinski definition) is 0. The van der Waals surface area contributed by atoms with Crippen LogP contribution < -0.4 is 9.47 Å². The predicted molar refractivity (Wildman–Crippen MR) is 61.6 cm³/mol. The molecule has 14 heavy (non-hydrogen) atoms. The average Bonchev–Trinajstić information content (AvgIpc) is 2.16. The summed E-state index contributed by atoms with van der Waals surface area (Å²) in [5, 5.41) is 0. The van der Waals surface area contributed by atoms with Gasteiger partial charge in [0.05, 0.1) is 14.2 Å². The van der Waals surface area contributed by atoms with Crippen LogP contribution in [0, 0.1) is 6.92 Å². The second kappa shape index (κ2) is 4.69. The van der Waals surface area contributed by atoms with Crippen molar-refractivity contribution in [2.24, 2.45) is 0 Å². The minimum Gasteiger partial charge on any atom is -0.493 e. The lowest BCUT2D eigenvalue weighted by Gasteiger charge is -2.13. The number of benzene rings is 1. The van der Waals surface area contributed by atoms with Crippen LogP contribution in [0.15, 0.2) is 12.1 Å². The lowest BCUT2D eigenvalue weighted by molar-refractivity contribution is 0.354. The molecule has 1 aromatic rings. The van der Waals surface area contributed by atoms with E-state index in [4.69, 9.17) is 9.47 Å². The molecular formula is C11H15BrO2. The summed E-state index contributed by atoms with van der Waals surface area (Å²) in [6.45, 7) is 4.16. The molecule has 0 N–H and O–H groups in total. The van der Waals surface area contributed by atoms with Gasteiger partial charge in [0, 0.05) is 4.83 Å². The van der Waals surface area contributed by atoms with Crippen LogP contribution in [0.2, 0.25) is 0 Å².